The van der Waals surface area contributed by atoms with Gasteiger partial charge in [-0.15, -0.1) is 0 Å². The van der Waals surface area contributed by atoms with Crippen molar-refractivity contribution in [1.82, 2.24) is 9.97 Å². The summed E-state index contributed by atoms with van der Waals surface area (Å²) in [6.45, 7) is 0.543. The molecule has 0 aliphatic carbocycles. The fraction of sp³-hybridized carbons (Fsp3) is 0.143. The topological polar surface area (TPSA) is 55.2 Å². The molecule has 0 fully saturated rings. The summed E-state index contributed by atoms with van der Waals surface area (Å²) in [5.74, 6) is 0.616. The Kier molecular flexibility index (Phi) is 1.25. The molecule has 0 unspecified atom stereocenters. The van der Waals surface area contributed by atoms with Crippen molar-refractivity contribution in [3.8, 4) is 11.8 Å². The highest BCUT2D eigenvalue weighted by atomic mass is 16.5. The Bertz CT molecular complexity index is 309. The minimum absolute atomic E-state index is 0.223. The molecule has 1 aliphatic rings. The molecule has 4 nitrogen and oxygen atoms in total. The van der Waals surface area contributed by atoms with Gasteiger partial charge in [0.05, 0.1) is 6.20 Å². The molecule has 0 radical (unpaired) electrons. The molecule has 11 heavy (non-hydrogen) atoms. The predicted molar refractivity (Wildman–Crippen MR) is 38.2 cm³/mol. The maximum Gasteiger partial charge on any atom is 0.314 e. The molecule has 1 aliphatic heterocycles. The van der Waals surface area contributed by atoms with Gasteiger partial charge < -0.3 is 9.84 Å². The molecule has 0 atom stereocenters. The molecule has 0 aromatic carbocycles. The first-order valence-electron chi connectivity index (χ1n) is 3.21. The van der Waals surface area contributed by atoms with Gasteiger partial charge in [-0.1, -0.05) is 0 Å². The number of hydrogen-bond donors (Lipinski definition) is 1. The lowest BCUT2D eigenvalue weighted by molar-refractivity contribution is 0.348. The lowest BCUT2D eigenvalue weighted by Gasteiger charge is -2.09. The van der Waals surface area contributed by atoms with Crippen LogP contribution in [0.25, 0.3) is 6.08 Å². The van der Waals surface area contributed by atoms with E-state index in [1.54, 1.807) is 6.08 Å². The van der Waals surface area contributed by atoms with Crippen molar-refractivity contribution in [3.05, 3.63) is 18.0 Å². The zero-order chi connectivity index (χ0) is 7.68. The monoisotopic (exact) mass is 150 g/mol. The van der Waals surface area contributed by atoms with Crippen LogP contribution in [0, 0.1) is 0 Å². The number of aromatic nitrogens is 2. The van der Waals surface area contributed by atoms with Gasteiger partial charge in [-0.2, -0.15) is 9.97 Å². The van der Waals surface area contributed by atoms with E-state index in [0.717, 1.165) is 0 Å². The summed E-state index contributed by atoms with van der Waals surface area (Å²) in [4.78, 5) is 7.32. The maximum atomic E-state index is 8.88. The van der Waals surface area contributed by atoms with Crippen LogP contribution in [-0.4, -0.2) is 21.7 Å². The van der Waals surface area contributed by atoms with E-state index < -0.39 is 0 Å². The van der Waals surface area contributed by atoms with Crippen molar-refractivity contribution in [2.24, 2.45) is 0 Å². The summed E-state index contributed by atoms with van der Waals surface area (Å²) in [7, 11) is 0. The van der Waals surface area contributed by atoms with E-state index in [0.29, 0.717) is 18.1 Å². The normalized spacial score (nSPS) is 13.8. The molecule has 1 aromatic heterocycles. The molecule has 2 heterocycles. The van der Waals surface area contributed by atoms with Crippen LogP contribution >= 0.6 is 0 Å². The summed E-state index contributed by atoms with van der Waals surface area (Å²) in [6, 6.07) is -0.223. The molecule has 0 saturated heterocycles. The first-order chi connectivity index (χ1) is 5.36. The van der Waals surface area contributed by atoms with Gasteiger partial charge in [0, 0.05) is 0 Å². The fourth-order valence-electron chi connectivity index (χ4n) is 0.902. The van der Waals surface area contributed by atoms with E-state index in [-0.39, 0.29) is 6.01 Å². The average molecular weight is 150 g/mol. The van der Waals surface area contributed by atoms with Gasteiger partial charge in [0.2, 0.25) is 0 Å². The van der Waals surface area contributed by atoms with E-state index in [1.807, 2.05) is 6.08 Å². The van der Waals surface area contributed by atoms with Crippen molar-refractivity contribution in [1.29, 1.82) is 0 Å². The quantitative estimate of drug-likeness (QED) is 0.588. The van der Waals surface area contributed by atoms with E-state index in [1.165, 1.54) is 6.20 Å². The molecule has 1 N–H and O–H groups in total. The third-order valence-corrected chi connectivity index (χ3v) is 1.38. The Hall–Kier alpha value is -1.58. The van der Waals surface area contributed by atoms with E-state index in [4.69, 9.17) is 9.84 Å². The Morgan fingerprint density at radius 3 is 3.36 bits per heavy atom. The minimum atomic E-state index is -0.223. The Balaban J connectivity index is 2.54. The van der Waals surface area contributed by atoms with Gasteiger partial charge in [0.1, 0.15) is 12.3 Å². The van der Waals surface area contributed by atoms with Crippen molar-refractivity contribution in [2.45, 2.75) is 0 Å². The van der Waals surface area contributed by atoms with Gasteiger partial charge in [-0.25, -0.2) is 0 Å². The SMILES string of the molecule is Oc1ncc2c(n1)C=CCO2. The number of aromatic hydroxyl groups is 1. The lowest BCUT2D eigenvalue weighted by Crippen LogP contribution is -2.02. The largest absolute Gasteiger partial charge is 0.486 e. The van der Waals surface area contributed by atoms with Crippen LogP contribution < -0.4 is 4.74 Å². The van der Waals surface area contributed by atoms with Crippen LogP contribution in [-0.2, 0) is 0 Å². The second-order valence-corrected chi connectivity index (χ2v) is 2.13. The molecule has 0 amide bonds. The van der Waals surface area contributed by atoms with Crippen molar-refractivity contribution in [2.75, 3.05) is 6.61 Å². The van der Waals surface area contributed by atoms with E-state index in [2.05, 4.69) is 9.97 Å². The lowest BCUT2D eigenvalue weighted by atomic mass is 10.3. The van der Waals surface area contributed by atoms with Crippen LogP contribution in [0.2, 0.25) is 0 Å². The number of nitrogens with zero attached hydrogens (tertiary/aromatic N) is 2. The summed E-state index contributed by atoms with van der Waals surface area (Å²) >= 11 is 0. The molecule has 0 bridgehead atoms. The van der Waals surface area contributed by atoms with Crippen LogP contribution in [0.15, 0.2) is 12.3 Å². The molecule has 1 aromatic rings. The van der Waals surface area contributed by atoms with E-state index >= 15 is 0 Å². The molecular formula is C7H6N2O2. The number of fused-ring (bicyclic) bond motifs is 1. The van der Waals surface area contributed by atoms with Crippen molar-refractivity contribution in [3.63, 3.8) is 0 Å². The molecule has 0 spiro atoms. The van der Waals surface area contributed by atoms with E-state index in [9.17, 15) is 0 Å². The smallest absolute Gasteiger partial charge is 0.314 e. The molecule has 56 valence electrons. The van der Waals surface area contributed by atoms with Crippen LogP contribution in [0.1, 0.15) is 5.69 Å². The van der Waals surface area contributed by atoms with Gasteiger partial charge in [0.15, 0.2) is 5.75 Å². The first-order valence-corrected chi connectivity index (χ1v) is 3.21. The first kappa shape index (κ1) is 6.15. The van der Waals surface area contributed by atoms with Crippen LogP contribution in [0.5, 0.6) is 11.8 Å². The number of hydrogen-bond acceptors (Lipinski definition) is 4. The summed E-state index contributed by atoms with van der Waals surface area (Å²) in [5, 5.41) is 8.88. The molecular weight excluding hydrogens is 144 g/mol. The predicted octanol–water partition coefficient (Wildman–Crippen LogP) is 0.588. The Morgan fingerprint density at radius 2 is 2.45 bits per heavy atom. The highest BCUT2D eigenvalue weighted by Gasteiger charge is 2.07. The minimum Gasteiger partial charge on any atom is -0.486 e. The standard InChI is InChI=1S/C7H6N2O2/c10-7-8-4-6-5(9-7)2-1-3-11-6/h1-2,4H,3H2,(H,8,9,10). The van der Waals surface area contributed by atoms with Crippen LogP contribution in [0.4, 0.5) is 0 Å². The van der Waals surface area contributed by atoms with Gasteiger partial charge in [0.25, 0.3) is 0 Å². The number of ether oxygens (including phenoxy) is 1. The fourth-order valence-corrected chi connectivity index (χ4v) is 0.902. The second kappa shape index (κ2) is 2.23. The third-order valence-electron chi connectivity index (χ3n) is 1.38. The molecule has 0 saturated carbocycles. The van der Waals surface area contributed by atoms with Gasteiger partial charge in [-0.3, -0.25) is 0 Å². The summed E-state index contributed by atoms with van der Waals surface area (Å²) in [6.07, 6.45) is 5.08. The maximum absolute atomic E-state index is 8.88. The van der Waals surface area contributed by atoms with Gasteiger partial charge in [-0.05, 0) is 12.2 Å². The van der Waals surface area contributed by atoms with Crippen molar-refractivity contribution >= 4 is 6.08 Å². The highest BCUT2D eigenvalue weighted by molar-refractivity contribution is 5.54. The third kappa shape index (κ3) is 1.02. The second-order valence-electron chi connectivity index (χ2n) is 2.13. The molecule has 4 heteroatoms. The molecule has 2 rings (SSSR count). The summed E-state index contributed by atoms with van der Waals surface area (Å²) < 4.78 is 5.16. The van der Waals surface area contributed by atoms with Crippen molar-refractivity contribution < 1.29 is 9.84 Å². The Labute approximate surface area is 63.2 Å². The van der Waals surface area contributed by atoms with Crippen LogP contribution in [0.3, 0.4) is 0 Å². The van der Waals surface area contributed by atoms with Gasteiger partial charge >= 0.3 is 6.01 Å². The summed E-state index contributed by atoms with van der Waals surface area (Å²) in [5.41, 5.74) is 0.628. The number of rotatable bonds is 0. The Morgan fingerprint density at radius 1 is 1.55 bits per heavy atom. The zero-order valence-corrected chi connectivity index (χ0v) is 5.69. The zero-order valence-electron chi connectivity index (χ0n) is 5.69. The average Bonchev–Trinajstić information content (AvgIpc) is 2.04. The highest BCUT2D eigenvalue weighted by Crippen LogP contribution is 2.21.